The van der Waals surface area contributed by atoms with Crippen LogP contribution in [-0.2, 0) is 4.79 Å². The maximum Gasteiger partial charge on any atom is 0.261 e. The van der Waals surface area contributed by atoms with Crippen molar-refractivity contribution in [1.82, 2.24) is 24.9 Å². The Balaban J connectivity index is 1.01. The molecular weight excluding hydrogens is 448 g/mol. The van der Waals surface area contributed by atoms with E-state index in [1.54, 1.807) is 35.4 Å². The van der Waals surface area contributed by atoms with Gasteiger partial charge in [-0.2, -0.15) is 4.98 Å². The largest absolute Gasteiger partial charge is 0.353 e. The summed E-state index contributed by atoms with van der Waals surface area (Å²) in [4.78, 5) is 51.9. The van der Waals surface area contributed by atoms with Gasteiger partial charge in [0.15, 0.2) is 0 Å². The number of rotatable bonds is 6. The fourth-order valence-corrected chi connectivity index (χ4v) is 4.55. The number of piperazine rings is 1. The average Bonchev–Trinajstić information content (AvgIpc) is 3.58. The van der Waals surface area contributed by atoms with Crippen LogP contribution in [0.1, 0.15) is 51.8 Å². The van der Waals surface area contributed by atoms with Crippen molar-refractivity contribution in [2.24, 2.45) is 0 Å². The predicted molar refractivity (Wildman–Crippen MR) is 125 cm³/mol. The summed E-state index contributed by atoms with van der Waals surface area (Å²) in [6, 6.07) is 10.6. The summed E-state index contributed by atoms with van der Waals surface area (Å²) in [6.45, 7) is 2.51. The molecule has 0 bridgehead atoms. The van der Waals surface area contributed by atoms with Crippen LogP contribution in [0.4, 0.5) is 5.82 Å². The quantitative estimate of drug-likeness (QED) is 0.503. The number of anilines is 1. The zero-order valence-electron chi connectivity index (χ0n) is 19.1. The molecule has 3 aromatic rings. The number of carbonyl (C=O) groups is 3. The zero-order valence-corrected chi connectivity index (χ0v) is 19.1. The third-order valence-corrected chi connectivity index (χ3v) is 6.76. The summed E-state index contributed by atoms with van der Waals surface area (Å²) < 4.78 is 5.33. The topological polar surface area (TPSA) is 113 Å². The van der Waals surface area contributed by atoms with E-state index in [9.17, 15) is 14.4 Å². The van der Waals surface area contributed by atoms with Crippen molar-refractivity contribution in [3.05, 3.63) is 59.6 Å². The lowest BCUT2D eigenvalue weighted by molar-refractivity contribution is -0.131. The molecule has 2 aromatic heterocycles. The van der Waals surface area contributed by atoms with Gasteiger partial charge in [0.1, 0.15) is 5.82 Å². The molecular formula is C25H24N6O4. The molecule has 10 nitrogen and oxygen atoms in total. The standard InChI is InChI=1S/C25H24N6O4/c32-21(9-10-31-24(33)18-3-1-2-4-19(18)25(31)34)30-13-11-29(12-14-30)20-8-7-17(15-26-20)22-27-23(35-28-22)16-5-6-16/h1-4,7-8,15-16H,5-6,9-14H2. The third kappa shape index (κ3) is 4.05. The average molecular weight is 473 g/mol. The molecule has 0 N–H and O–H groups in total. The number of imide groups is 1. The summed E-state index contributed by atoms with van der Waals surface area (Å²) in [5, 5.41) is 4.06. The van der Waals surface area contributed by atoms with E-state index in [0.29, 0.717) is 54.9 Å². The first-order valence-electron chi connectivity index (χ1n) is 11.9. The zero-order chi connectivity index (χ0) is 23.9. The van der Waals surface area contributed by atoms with Crippen LogP contribution in [0.25, 0.3) is 11.4 Å². The highest BCUT2D eigenvalue weighted by Crippen LogP contribution is 2.39. The molecule has 0 atom stereocenters. The number of benzene rings is 1. The number of pyridine rings is 1. The van der Waals surface area contributed by atoms with Gasteiger partial charge in [0, 0.05) is 56.8 Å². The molecule has 6 rings (SSSR count). The molecule has 1 saturated heterocycles. The molecule has 0 radical (unpaired) electrons. The van der Waals surface area contributed by atoms with Crippen molar-refractivity contribution >= 4 is 23.5 Å². The number of hydrogen-bond acceptors (Lipinski definition) is 8. The molecule has 0 unspecified atom stereocenters. The van der Waals surface area contributed by atoms with Gasteiger partial charge >= 0.3 is 0 Å². The highest BCUT2D eigenvalue weighted by molar-refractivity contribution is 6.21. The van der Waals surface area contributed by atoms with Crippen molar-refractivity contribution in [3.8, 4) is 11.4 Å². The molecule has 0 spiro atoms. The summed E-state index contributed by atoms with van der Waals surface area (Å²) in [5.74, 6) is 1.78. The van der Waals surface area contributed by atoms with Crippen molar-refractivity contribution in [2.75, 3.05) is 37.6 Å². The summed E-state index contributed by atoms with van der Waals surface area (Å²) in [5.41, 5.74) is 1.62. The summed E-state index contributed by atoms with van der Waals surface area (Å²) in [6.07, 6.45) is 4.08. The van der Waals surface area contributed by atoms with Crippen molar-refractivity contribution < 1.29 is 18.9 Å². The molecule has 178 valence electrons. The molecule has 2 fully saturated rings. The molecule has 4 heterocycles. The Kier molecular flexibility index (Phi) is 5.28. The van der Waals surface area contributed by atoms with Crippen LogP contribution in [0, 0.1) is 0 Å². The molecule has 1 aliphatic carbocycles. The number of amides is 3. The smallest absolute Gasteiger partial charge is 0.261 e. The van der Waals surface area contributed by atoms with Crippen LogP contribution in [0.2, 0.25) is 0 Å². The van der Waals surface area contributed by atoms with E-state index in [0.717, 1.165) is 24.2 Å². The lowest BCUT2D eigenvalue weighted by Crippen LogP contribution is -2.49. The molecule has 2 aliphatic heterocycles. The second-order valence-electron chi connectivity index (χ2n) is 9.06. The highest BCUT2D eigenvalue weighted by atomic mass is 16.5. The van der Waals surface area contributed by atoms with Gasteiger partial charge in [-0.25, -0.2) is 4.98 Å². The second-order valence-corrected chi connectivity index (χ2v) is 9.06. The maximum atomic E-state index is 12.8. The monoisotopic (exact) mass is 472 g/mol. The van der Waals surface area contributed by atoms with Crippen LogP contribution in [0.5, 0.6) is 0 Å². The van der Waals surface area contributed by atoms with Gasteiger partial charge in [0.2, 0.25) is 17.6 Å². The SMILES string of the molecule is O=C(CCN1C(=O)c2ccccc2C1=O)N1CCN(c2ccc(-c3noc(C4CC4)n3)cn2)CC1. The first kappa shape index (κ1) is 21.5. The molecule has 3 amide bonds. The minimum Gasteiger partial charge on any atom is -0.353 e. The maximum absolute atomic E-state index is 12.8. The Morgan fingerprint density at radius 1 is 0.971 bits per heavy atom. The van der Waals surface area contributed by atoms with Gasteiger partial charge in [-0.15, -0.1) is 0 Å². The molecule has 10 heteroatoms. The summed E-state index contributed by atoms with van der Waals surface area (Å²) >= 11 is 0. The fraction of sp³-hybridized carbons (Fsp3) is 0.360. The normalized spacial score (nSPS) is 17.8. The lowest BCUT2D eigenvalue weighted by Gasteiger charge is -2.35. The minimum atomic E-state index is -0.331. The second kappa shape index (κ2) is 8.61. The third-order valence-electron chi connectivity index (χ3n) is 6.76. The number of carbonyl (C=O) groups excluding carboxylic acids is 3. The van der Waals surface area contributed by atoms with Gasteiger partial charge in [0.25, 0.3) is 11.8 Å². The van der Waals surface area contributed by atoms with E-state index in [2.05, 4.69) is 20.0 Å². The van der Waals surface area contributed by atoms with Gasteiger partial charge in [-0.3, -0.25) is 19.3 Å². The molecule has 35 heavy (non-hydrogen) atoms. The first-order valence-corrected chi connectivity index (χ1v) is 11.9. The van der Waals surface area contributed by atoms with Gasteiger partial charge in [-0.05, 0) is 37.1 Å². The number of aromatic nitrogens is 3. The van der Waals surface area contributed by atoms with Crippen LogP contribution in [0.3, 0.4) is 0 Å². The Morgan fingerprint density at radius 2 is 1.69 bits per heavy atom. The van der Waals surface area contributed by atoms with Crippen LogP contribution < -0.4 is 4.90 Å². The minimum absolute atomic E-state index is 0.0620. The first-order chi connectivity index (χ1) is 17.1. The summed E-state index contributed by atoms with van der Waals surface area (Å²) in [7, 11) is 0. The van der Waals surface area contributed by atoms with E-state index >= 15 is 0 Å². The van der Waals surface area contributed by atoms with E-state index in [-0.39, 0.29) is 30.7 Å². The molecule has 1 saturated carbocycles. The van der Waals surface area contributed by atoms with Crippen molar-refractivity contribution in [1.29, 1.82) is 0 Å². The number of hydrogen-bond donors (Lipinski definition) is 0. The van der Waals surface area contributed by atoms with E-state index in [1.807, 2.05) is 12.1 Å². The van der Waals surface area contributed by atoms with Gasteiger partial charge < -0.3 is 14.3 Å². The Hall–Kier alpha value is -4.08. The Bertz CT molecular complexity index is 1260. The number of nitrogens with zero attached hydrogens (tertiary/aromatic N) is 6. The highest BCUT2D eigenvalue weighted by Gasteiger charge is 2.35. The van der Waals surface area contributed by atoms with Crippen LogP contribution in [0.15, 0.2) is 47.1 Å². The predicted octanol–water partition coefficient (Wildman–Crippen LogP) is 2.34. The Labute approximate surface area is 201 Å². The van der Waals surface area contributed by atoms with Gasteiger partial charge in [0.05, 0.1) is 11.1 Å². The van der Waals surface area contributed by atoms with E-state index < -0.39 is 0 Å². The van der Waals surface area contributed by atoms with E-state index in [1.165, 1.54) is 4.90 Å². The number of fused-ring (bicyclic) bond motifs is 1. The van der Waals surface area contributed by atoms with Gasteiger partial charge in [-0.1, -0.05) is 17.3 Å². The lowest BCUT2D eigenvalue weighted by atomic mass is 10.1. The van der Waals surface area contributed by atoms with Crippen LogP contribution in [-0.4, -0.2) is 75.4 Å². The van der Waals surface area contributed by atoms with Crippen LogP contribution >= 0.6 is 0 Å². The Morgan fingerprint density at radius 3 is 2.31 bits per heavy atom. The van der Waals surface area contributed by atoms with Crippen molar-refractivity contribution in [2.45, 2.75) is 25.2 Å². The fourth-order valence-electron chi connectivity index (χ4n) is 4.55. The molecule has 3 aliphatic rings. The molecule has 1 aromatic carbocycles. The van der Waals surface area contributed by atoms with Crippen molar-refractivity contribution in [3.63, 3.8) is 0 Å². The van der Waals surface area contributed by atoms with E-state index in [4.69, 9.17) is 4.52 Å².